The van der Waals surface area contributed by atoms with Gasteiger partial charge in [0.1, 0.15) is 17.0 Å². The summed E-state index contributed by atoms with van der Waals surface area (Å²) >= 11 is 0. The van der Waals surface area contributed by atoms with Gasteiger partial charge in [-0.1, -0.05) is 6.07 Å². The summed E-state index contributed by atoms with van der Waals surface area (Å²) < 4.78 is 16.3. The first-order valence-corrected chi connectivity index (χ1v) is 6.23. The van der Waals surface area contributed by atoms with Gasteiger partial charge in [0.25, 0.3) is 0 Å². The van der Waals surface area contributed by atoms with Gasteiger partial charge in [-0.25, -0.2) is 9.97 Å². The molecule has 0 aliphatic rings. The highest BCUT2D eigenvalue weighted by Gasteiger charge is 2.08. The molecule has 0 amide bonds. The molecule has 0 spiro atoms. The molecule has 20 heavy (non-hydrogen) atoms. The molecule has 0 unspecified atom stereocenters. The number of ether oxygens (including phenoxy) is 2. The highest BCUT2D eigenvalue weighted by molar-refractivity contribution is 5.68. The van der Waals surface area contributed by atoms with Crippen LogP contribution in [0.4, 0.5) is 0 Å². The van der Waals surface area contributed by atoms with Crippen LogP contribution in [0.15, 0.2) is 40.9 Å². The molecule has 3 aromatic rings. The van der Waals surface area contributed by atoms with E-state index in [0.29, 0.717) is 17.4 Å². The van der Waals surface area contributed by atoms with E-state index < -0.39 is 0 Å². The highest BCUT2D eigenvalue weighted by Crippen LogP contribution is 2.21. The van der Waals surface area contributed by atoms with Crippen LogP contribution in [-0.4, -0.2) is 17.1 Å². The summed E-state index contributed by atoms with van der Waals surface area (Å²) in [5.41, 5.74) is 2.32. The van der Waals surface area contributed by atoms with Gasteiger partial charge in [0.2, 0.25) is 11.6 Å². The van der Waals surface area contributed by atoms with Gasteiger partial charge in [-0.15, -0.1) is 0 Å². The van der Waals surface area contributed by atoms with Crippen molar-refractivity contribution in [2.45, 2.75) is 13.5 Å². The molecule has 3 rings (SSSR count). The SMILES string of the molecule is COc1cccc(OCc2nc3cc(C)cnc3o2)c1. The van der Waals surface area contributed by atoms with Crippen LogP contribution in [0.5, 0.6) is 11.5 Å². The molecule has 2 heterocycles. The minimum absolute atomic E-state index is 0.253. The predicted octanol–water partition coefficient (Wildman–Crippen LogP) is 3.12. The summed E-state index contributed by atoms with van der Waals surface area (Å²) in [6, 6.07) is 9.32. The van der Waals surface area contributed by atoms with Crippen molar-refractivity contribution in [1.29, 1.82) is 0 Å². The predicted molar refractivity (Wildman–Crippen MR) is 73.9 cm³/mol. The molecular formula is C15H14N2O3. The van der Waals surface area contributed by atoms with Crippen molar-refractivity contribution in [3.05, 3.63) is 48.0 Å². The van der Waals surface area contributed by atoms with Gasteiger partial charge in [-0.2, -0.15) is 0 Å². The van der Waals surface area contributed by atoms with Gasteiger partial charge in [0.05, 0.1) is 7.11 Å². The molecule has 5 heteroatoms. The van der Waals surface area contributed by atoms with Crippen LogP contribution < -0.4 is 9.47 Å². The maximum Gasteiger partial charge on any atom is 0.247 e. The van der Waals surface area contributed by atoms with Crippen LogP contribution in [0, 0.1) is 6.92 Å². The smallest absolute Gasteiger partial charge is 0.247 e. The lowest BCUT2D eigenvalue weighted by atomic mass is 10.3. The largest absolute Gasteiger partial charge is 0.497 e. The molecule has 2 aromatic heterocycles. The summed E-state index contributed by atoms with van der Waals surface area (Å²) in [4.78, 5) is 8.52. The zero-order valence-electron chi connectivity index (χ0n) is 11.3. The number of hydrogen-bond donors (Lipinski definition) is 0. The van der Waals surface area contributed by atoms with Crippen LogP contribution in [0.25, 0.3) is 11.2 Å². The Labute approximate surface area is 116 Å². The number of methoxy groups -OCH3 is 1. The first-order chi connectivity index (χ1) is 9.74. The molecular weight excluding hydrogens is 256 g/mol. The number of fused-ring (bicyclic) bond motifs is 1. The molecule has 0 bridgehead atoms. The van der Waals surface area contributed by atoms with Crippen molar-refractivity contribution in [1.82, 2.24) is 9.97 Å². The third kappa shape index (κ3) is 2.56. The molecule has 0 aliphatic carbocycles. The van der Waals surface area contributed by atoms with E-state index >= 15 is 0 Å². The molecule has 0 saturated carbocycles. The quantitative estimate of drug-likeness (QED) is 0.729. The van der Waals surface area contributed by atoms with E-state index in [1.54, 1.807) is 13.3 Å². The molecule has 0 N–H and O–H groups in total. The van der Waals surface area contributed by atoms with E-state index in [1.165, 1.54) is 0 Å². The normalized spacial score (nSPS) is 10.7. The fourth-order valence-corrected chi connectivity index (χ4v) is 1.87. The molecule has 0 atom stereocenters. The van der Waals surface area contributed by atoms with Gasteiger partial charge in [-0.3, -0.25) is 0 Å². The monoisotopic (exact) mass is 270 g/mol. The highest BCUT2D eigenvalue weighted by atomic mass is 16.5. The number of nitrogens with zero attached hydrogens (tertiary/aromatic N) is 2. The van der Waals surface area contributed by atoms with E-state index in [9.17, 15) is 0 Å². The van der Waals surface area contributed by atoms with E-state index in [1.807, 2.05) is 37.3 Å². The van der Waals surface area contributed by atoms with Gasteiger partial charge in [0.15, 0.2) is 6.61 Å². The second kappa shape index (κ2) is 5.21. The van der Waals surface area contributed by atoms with Crippen LogP contribution >= 0.6 is 0 Å². The molecule has 0 saturated heterocycles. The summed E-state index contributed by atoms with van der Waals surface area (Å²) in [6.07, 6.45) is 1.75. The molecule has 102 valence electrons. The number of pyridine rings is 1. The molecule has 0 aliphatic heterocycles. The zero-order chi connectivity index (χ0) is 13.9. The fraction of sp³-hybridized carbons (Fsp3) is 0.200. The van der Waals surface area contributed by atoms with Crippen molar-refractivity contribution in [3.8, 4) is 11.5 Å². The first kappa shape index (κ1) is 12.5. The van der Waals surface area contributed by atoms with Gasteiger partial charge in [0, 0.05) is 12.3 Å². The maximum atomic E-state index is 5.63. The standard InChI is InChI=1S/C15H14N2O3/c1-10-6-13-15(16-8-10)20-14(17-13)9-19-12-5-3-4-11(7-12)18-2/h3-8H,9H2,1-2H3. The van der Waals surface area contributed by atoms with Crippen molar-refractivity contribution in [2.24, 2.45) is 0 Å². The van der Waals surface area contributed by atoms with Gasteiger partial charge < -0.3 is 13.9 Å². The minimum Gasteiger partial charge on any atom is -0.497 e. The Kier molecular flexibility index (Phi) is 3.25. The minimum atomic E-state index is 0.253. The van der Waals surface area contributed by atoms with Crippen LogP contribution in [-0.2, 0) is 6.61 Å². The van der Waals surface area contributed by atoms with Crippen molar-refractivity contribution in [2.75, 3.05) is 7.11 Å². The summed E-state index contributed by atoms with van der Waals surface area (Å²) in [7, 11) is 1.62. The maximum absolute atomic E-state index is 5.63. The topological polar surface area (TPSA) is 57.4 Å². The van der Waals surface area contributed by atoms with E-state index in [4.69, 9.17) is 13.9 Å². The number of oxazole rings is 1. The summed E-state index contributed by atoms with van der Waals surface area (Å²) in [5, 5.41) is 0. The average molecular weight is 270 g/mol. The molecule has 1 aromatic carbocycles. The van der Waals surface area contributed by atoms with E-state index in [0.717, 1.165) is 16.8 Å². The number of benzene rings is 1. The van der Waals surface area contributed by atoms with E-state index in [2.05, 4.69) is 9.97 Å². The lowest BCUT2D eigenvalue weighted by Crippen LogP contribution is -1.95. The summed E-state index contributed by atoms with van der Waals surface area (Å²) in [6.45, 7) is 2.22. The van der Waals surface area contributed by atoms with Crippen LogP contribution in [0.2, 0.25) is 0 Å². The second-order valence-electron chi connectivity index (χ2n) is 4.41. The first-order valence-electron chi connectivity index (χ1n) is 6.23. The van der Waals surface area contributed by atoms with Crippen LogP contribution in [0.3, 0.4) is 0 Å². The lowest BCUT2D eigenvalue weighted by Gasteiger charge is -2.05. The van der Waals surface area contributed by atoms with Gasteiger partial charge in [-0.05, 0) is 30.7 Å². The zero-order valence-corrected chi connectivity index (χ0v) is 11.3. The van der Waals surface area contributed by atoms with Crippen molar-refractivity contribution < 1.29 is 13.9 Å². The third-order valence-electron chi connectivity index (χ3n) is 2.83. The second-order valence-corrected chi connectivity index (χ2v) is 4.41. The Bertz CT molecular complexity index is 737. The van der Waals surface area contributed by atoms with Crippen molar-refractivity contribution >= 4 is 11.2 Å². The number of hydrogen-bond acceptors (Lipinski definition) is 5. The molecule has 0 radical (unpaired) electrons. The third-order valence-corrected chi connectivity index (χ3v) is 2.83. The Hall–Kier alpha value is -2.56. The van der Waals surface area contributed by atoms with Gasteiger partial charge >= 0.3 is 0 Å². The summed E-state index contributed by atoms with van der Waals surface area (Å²) in [5.74, 6) is 1.95. The Balaban J connectivity index is 1.76. The van der Waals surface area contributed by atoms with E-state index in [-0.39, 0.29) is 6.61 Å². The molecule has 0 fully saturated rings. The number of aryl methyl sites for hydroxylation is 1. The Morgan fingerprint density at radius 3 is 2.90 bits per heavy atom. The Morgan fingerprint density at radius 2 is 2.05 bits per heavy atom. The number of aromatic nitrogens is 2. The number of rotatable bonds is 4. The molecule has 5 nitrogen and oxygen atoms in total. The lowest BCUT2D eigenvalue weighted by molar-refractivity contribution is 0.265. The fourth-order valence-electron chi connectivity index (χ4n) is 1.87. The van der Waals surface area contributed by atoms with Crippen LogP contribution in [0.1, 0.15) is 11.5 Å². The average Bonchev–Trinajstić information content (AvgIpc) is 2.87. The van der Waals surface area contributed by atoms with Crippen molar-refractivity contribution in [3.63, 3.8) is 0 Å². The Morgan fingerprint density at radius 1 is 1.20 bits per heavy atom.